The van der Waals surface area contributed by atoms with E-state index in [0.29, 0.717) is 0 Å². The van der Waals surface area contributed by atoms with Gasteiger partial charge < -0.3 is 5.73 Å². The normalized spacial score (nSPS) is 11.9. The Morgan fingerprint density at radius 1 is 1.06 bits per heavy atom. The molecule has 0 unspecified atom stereocenters. The molecule has 2 N–H and O–H groups in total. The van der Waals surface area contributed by atoms with E-state index in [9.17, 15) is 0 Å². The molecule has 96 valence electrons. The highest BCUT2D eigenvalue weighted by molar-refractivity contribution is 7.13. The maximum atomic E-state index is 6.08. The number of thiazole rings is 1. The smallest absolute Gasteiger partial charge is 0.123 e. The van der Waals surface area contributed by atoms with Gasteiger partial charge in [0, 0.05) is 10.9 Å². The lowest BCUT2D eigenvalue weighted by atomic mass is 10.0. The fraction of sp³-hybridized carbons (Fsp3) is 0.400. The van der Waals surface area contributed by atoms with Crippen LogP contribution >= 0.6 is 11.3 Å². The third kappa shape index (κ3) is 2.47. The molecule has 0 aliphatic rings. The molecule has 0 saturated heterocycles. The standard InChI is InChI=1S/C15H20N2S/c1-9-6-11(3)12(7-10(9)2)14-17-13(8-18-14)15(4,5)16/h6-8H,16H2,1-5H3. The molecule has 2 rings (SSSR count). The Morgan fingerprint density at radius 2 is 1.67 bits per heavy atom. The first-order valence-electron chi connectivity index (χ1n) is 6.12. The highest BCUT2D eigenvalue weighted by atomic mass is 32.1. The minimum absolute atomic E-state index is 0.373. The van der Waals surface area contributed by atoms with Crippen LogP contribution in [0, 0.1) is 20.8 Å². The average Bonchev–Trinajstić information content (AvgIpc) is 2.72. The summed E-state index contributed by atoms with van der Waals surface area (Å²) in [5.74, 6) is 0. The van der Waals surface area contributed by atoms with Crippen LogP contribution in [0.2, 0.25) is 0 Å². The SMILES string of the molecule is Cc1cc(C)c(-c2nc(C(C)(C)N)cs2)cc1C. The van der Waals surface area contributed by atoms with E-state index in [2.05, 4.69) is 43.3 Å². The van der Waals surface area contributed by atoms with Crippen LogP contribution in [0.25, 0.3) is 10.6 Å². The largest absolute Gasteiger partial charge is 0.321 e. The molecule has 0 bridgehead atoms. The molecule has 0 aliphatic heterocycles. The van der Waals surface area contributed by atoms with Crippen LogP contribution in [0.15, 0.2) is 17.5 Å². The summed E-state index contributed by atoms with van der Waals surface area (Å²) in [6, 6.07) is 4.44. The molecule has 0 saturated carbocycles. The Morgan fingerprint density at radius 3 is 2.22 bits per heavy atom. The van der Waals surface area contributed by atoms with Crippen molar-refractivity contribution in [1.29, 1.82) is 0 Å². The van der Waals surface area contributed by atoms with Crippen LogP contribution in [0.4, 0.5) is 0 Å². The van der Waals surface area contributed by atoms with Crippen LogP contribution in [-0.4, -0.2) is 4.98 Å². The van der Waals surface area contributed by atoms with E-state index in [-0.39, 0.29) is 5.54 Å². The third-order valence-corrected chi connectivity index (χ3v) is 4.11. The molecular formula is C15H20N2S. The van der Waals surface area contributed by atoms with Crippen LogP contribution < -0.4 is 5.73 Å². The zero-order valence-electron chi connectivity index (χ0n) is 11.7. The van der Waals surface area contributed by atoms with Crippen LogP contribution in [-0.2, 0) is 5.54 Å². The van der Waals surface area contributed by atoms with Gasteiger partial charge in [-0.1, -0.05) is 6.07 Å². The van der Waals surface area contributed by atoms with Crippen molar-refractivity contribution in [1.82, 2.24) is 4.98 Å². The summed E-state index contributed by atoms with van der Waals surface area (Å²) in [5.41, 5.74) is 11.8. The van der Waals surface area contributed by atoms with Gasteiger partial charge in [-0.3, -0.25) is 0 Å². The Kier molecular flexibility index (Phi) is 3.30. The average molecular weight is 260 g/mol. The molecule has 1 aromatic heterocycles. The molecule has 0 aliphatic carbocycles. The van der Waals surface area contributed by atoms with Gasteiger partial charge in [-0.25, -0.2) is 4.98 Å². The van der Waals surface area contributed by atoms with E-state index >= 15 is 0 Å². The number of hydrogen-bond acceptors (Lipinski definition) is 3. The maximum Gasteiger partial charge on any atom is 0.123 e. The third-order valence-electron chi connectivity index (χ3n) is 3.24. The highest BCUT2D eigenvalue weighted by Crippen LogP contribution is 2.31. The molecule has 0 atom stereocenters. The molecule has 1 heterocycles. The van der Waals surface area contributed by atoms with E-state index < -0.39 is 0 Å². The van der Waals surface area contributed by atoms with Gasteiger partial charge >= 0.3 is 0 Å². The highest BCUT2D eigenvalue weighted by Gasteiger charge is 2.19. The number of aryl methyl sites for hydroxylation is 3. The van der Waals surface area contributed by atoms with Gasteiger partial charge in [-0.2, -0.15) is 0 Å². The second-order valence-corrected chi connectivity index (χ2v) is 6.37. The van der Waals surface area contributed by atoms with E-state index in [1.165, 1.54) is 22.3 Å². The summed E-state index contributed by atoms with van der Waals surface area (Å²) in [5, 5.41) is 3.12. The second-order valence-electron chi connectivity index (χ2n) is 5.51. The summed E-state index contributed by atoms with van der Waals surface area (Å²) < 4.78 is 0. The first-order valence-corrected chi connectivity index (χ1v) is 7.00. The lowest BCUT2D eigenvalue weighted by Gasteiger charge is -2.14. The zero-order valence-corrected chi connectivity index (χ0v) is 12.5. The number of benzene rings is 1. The van der Waals surface area contributed by atoms with Crippen molar-refractivity contribution in [3.8, 4) is 10.6 Å². The van der Waals surface area contributed by atoms with Gasteiger partial charge in [-0.05, 0) is 57.4 Å². The minimum Gasteiger partial charge on any atom is -0.321 e. The summed E-state index contributed by atoms with van der Waals surface area (Å²) >= 11 is 1.67. The van der Waals surface area contributed by atoms with Crippen LogP contribution in [0.1, 0.15) is 36.2 Å². The topological polar surface area (TPSA) is 38.9 Å². The van der Waals surface area contributed by atoms with E-state index in [1.807, 2.05) is 13.8 Å². The van der Waals surface area contributed by atoms with Crippen molar-refractivity contribution in [2.24, 2.45) is 5.73 Å². The van der Waals surface area contributed by atoms with Crippen molar-refractivity contribution in [3.05, 3.63) is 39.9 Å². The van der Waals surface area contributed by atoms with Gasteiger partial charge in [-0.15, -0.1) is 11.3 Å². The number of nitrogens with two attached hydrogens (primary N) is 1. The summed E-state index contributed by atoms with van der Waals surface area (Å²) in [6.07, 6.45) is 0. The van der Waals surface area contributed by atoms with E-state index in [4.69, 9.17) is 5.73 Å². The quantitative estimate of drug-likeness (QED) is 0.888. The van der Waals surface area contributed by atoms with Gasteiger partial charge in [0.25, 0.3) is 0 Å². The molecule has 1 aromatic carbocycles. The van der Waals surface area contributed by atoms with Gasteiger partial charge in [0.15, 0.2) is 0 Å². The van der Waals surface area contributed by atoms with Gasteiger partial charge in [0.1, 0.15) is 5.01 Å². The van der Waals surface area contributed by atoms with Crippen molar-refractivity contribution < 1.29 is 0 Å². The lowest BCUT2D eigenvalue weighted by molar-refractivity contribution is 0.539. The van der Waals surface area contributed by atoms with E-state index in [1.54, 1.807) is 11.3 Å². The summed E-state index contributed by atoms with van der Waals surface area (Å²) in [7, 11) is 0. The fourth-order valence-corrected chi connectivity index (χ4v) is 2.96. The Bertz CT molecular complexity index is 577. The van der Waals surface area contributed by atoms with Crippen LogP contribution in [0.5, 0.6) is 0 Å². The van der Waals surface area contributed by atoms with E-state index in [0.717, 1.165) is 10.7 Å². The number of hydrogen-bond donors (Lipinski definition) is 1. The Hall–Kier alpha value is -1.19. The first-order chi connectivity index (χ1) is 8.29. The van der Waals surface area contributed by atoms with Crippen molar-refractivity contribution in [3.63, 3.8) is 0 Å². The second kappa shape index (κ2) is 4.48. The van der Waals surface area contributed by atoms with Gasteiger partial charge in [0.2, 0.25) is 0 Å². The zero-order chi connectivity index (χ0) is 13.5. The number of aromatic nitrogens is 1. The molecular weight excluding hydrogens is 240 g/mol. The van der Waals surface area contributed by atoms with Crippen molar-refractivity contribution >= 4 is 11.3 Å². The fourth-order valence-electron chi connectivity index (χ4n) is 1.88. The summed E-state index contributed by atoms with van der Waals surface area (Å²) in [6.45, 7) is 10.4. The molecule has 0 fully saturated rings. The molecule has 2 aromatic rings. The minimum atomic E-state index is -0.373. The molecule has 18 heavy (non-hydrogen) atoms. The lowest BCUT2D eigenvalue weighted by Crippen LogP contribution is -2.28. The van der Waals surface area contributed by atoms with Crippen LogP contribution in [0.3, 0.4) is 0 Å². The molecule has 0 spiro atoms. The predicted octanol–water partition coefficient (Wildman–Crippen LogP) is 3.93. The number of rotatable bonds is 2. The Balaban J connectivity index is 2.50. The first kappa shape index (κ1) is 13.2. The van der Waals surface area contributed by atoms with Crippen molar-refractivity contribution in [2.45, 2.75) is 40.2 Å². The molecule has 2 nitrogen and oxygen atoms in total. The monoisotopic (exact) mass is 260 g/mol. The summed E-state index contributed by atoms with van der Waals surface area (Å²) in [4.78, 5) is 4.68. The molecule has 0 amide bonds. The predicted molar refractivity (Wildman–Crippen MR) is 79.0 cm³/mol. The maximum absolute atomic E-state index is 6.08. The van der Waals surface area contributed by atoms with Gasteiger partial charge in [0.05, 0.1) is 11.2 Å². The number of nitrogens with zero attached hydrogens (tertiary/aromatic N) is 1. The Labute approximate surface area is 113 Å². The molecule has 3 heteroatoms. The van der Waals surface area contributed by atoms with Crippen molar-refractivity contribution in [2.75, 3.05) is 0 Å². The molecule has 0 radical (unpaired) electrons.